The fraction of sp³-hybridized carbons (Fsp3) is 0.312. The average Bonchev–Trinajstić information content (AvgIpc) is 1.74. The van der Waals surface area contributed by atoms with Gasteiger partial charge in [-0.05, 0) is 244 Å². The predicted octanol–water partition coefficient (Wildman–Crippen LogP) is 12.5. The molecule has 4 aliphatic heterocycles. The van der Waals surface area contributed by atoms with Crippen LogP contribution in [0.2, 0.25) is 0 Å². The first-order valence-electron chi connectivity index (χ1n) is 41.5. The van der Waals surface area contributed by atoms with Crippen LogP contribution in [0.15, 0.2) is 178 Å². The molecule has 1 fully saturated rings. The summed E-state index contributed by atoms with van der Waals surface area (Å²) < 4.78 is 13.8. The van der Waals surface area contributed by atoms with Crippen LogP contribution in [-0.4, -0.2) is 195 Å². The fourth-order valence-corrected chi connectivity index (χ4v) is 16.9. The fourth-order valence-electron chi connectivity index (χ4n) is 16.9. The van der Waals surface area contributed by atoms with Crippen LogP contribution >= 0.6 is 0 Å². The molecule has 0 atom stereocenters. The third-order valence-corrected chi connectivity index (χ3v) is 23.6. The average molecular weight is 1610 g/mol. The van der Waals surface area contributed by atoms with Crippen LogP contribution in [0.5, 0.6) is 0 Å². The van der Waals surface area contributed by atoms with Crippen LogP contribution in [-0.2, 0) is 0 Å². The van der Waals surface area contributed by atoms with Crippen molar-refractivity contribution in [2.45, 2.75) is 121 Å². The number of aromatic nitrogens is 20. The Labute approximate surface area is 697 Å². The molecule has 28 heteroatoms. The number of aryl methyl sites for hydroxylation is 10. The van der Waals surface area contributed by atoms with Gasteiger partial charge in [-0.25, -0.2) is 38.0 Å². The first-order valence-corrected chi connectivity index (χ1v) is 41.5. The number of nitrogens with zero attached hydrogens (tertiary/aromatic N) is 24. The molecule has 16 aromatic rings. The van der Waals surface area contributed by atoms with Crippen molar-refractivity contribution in [1.82, 2.24) is 116 Å². The molecular formula is C93H96N24O4. The number of hydrogen-bond acceptors (Lipinski definition) is 20. The Hall–Kier alpha value is -13.3. The van der Waals surface area contributed by atoms with Gasteiger partial charge in [-0.2, -0.15) is 20.4 Å². The van der Waals surface area contributed by atoms with Crippen LogP contribution in [0.1, 0.15) is 124 Å². The minimum absolute atomic E-state index is 0.0888. The van der Waals surface area contributed by atoms with E-state index in [1.54, 1.807) is 57.1 Å². The lowest BCUT2D eigenvalue weighted by molar-refractivity contribution is 0.291. The van der Waals surface area contributed by atoms with Crippen molar-refractivity contribution in [1.29, 1.82) is 0 Å². The van der Waals surface area contributed by atoms with Gasteiger partial charge in [-0.3, -0.25) is 66.5 Å². The Morgan fingerprint density at radius 3 is 1.14 bits per heavy atom. The Morgan fingerprint density at radius 2 is 0.736 bits per heavy atom. The maximum absolute atomic E-state index is 13.1. The van der Waals surface area contributed by atoms with Gasteiger partial charge in [0.1, 0.15) is 45.4 Å². The summed E-state index contributed by atoms with van der Waals surface area (Å²) in [5.74, 6) is 0. The lowest BCUT2D eigenvalue weighted by atomic mass is 9.99. The second-order valence-corrected chi connectivity index (χ2v) is 32.9. The van der Waals surface area contributed by atoms with Gasteiger partial charge in [0.25, 0.3) is 22.2 Å². The van der Waals surface area contributed by atoms with Crippen molar-refractivity contribution in [3.8, 4) is 45.6 Å². The van der Waals surface area contributed by atoms with Gasteiger partial charge in [0, 0.05) is 107 Å². The summed E-state index contributed by atoms with van der Waals surface area (Å²) in [5, 5.41) is 18.5. The topological polar surface area (TPSA) is 271 Å². The van der Waals surface area contributed by atoms with Crippen molar-refractivity contribution in [2.24, 2.45) is 0 Å². The molecule has 612 valence electrons. The second-order valence-electron chi connectivity index (χ2n) is 32.9. The summed E-state index contributed by atoms with van der Waals surface area (Å²) in [5.41, 5.74) is 29.6. The monoisotopic (exact) mass is 1610 g/mol. The minimum atomic E-state index is -0.110. The molecule has 0 aromatic carbocycles. The van der Waals surface area contributed by atoms with Gasteiger partial charge in [-0.1, -0.05) is 31.2 Å². The van der Waals surface area contributed by atoms with Crippen molar-refractivity contribution in [3.63, 3.8) is 0 Å². The van der Waals surface area contributed by atoms with Crippen molar-refractivity contribution >= 4 is 66.9 Å². The lowest BCUT2D eigenvalue weighted by Crippen LogP contribution is -2.30. The molecule has 1 aliphatic carbocycles. The SMILES string of the molecule is CCN1CC=C(c2cc(C)c3nc(-c4cc5c(C)nc(C)cn5n4)cc(=O)n3c2)CC1.Cc1cn2nc(-c3cc(=O)n4cc(C5=CCN(C)CC5)cc(C)c4n3)cc2c(C)n1.Cc1cn2nc(-c3cc(=O)n4cc(C5=CCN(C)CC5)ccc4n3)cc2cn1.Cc1cn2nc(-c3cc(=O)n4cc(C5=CCN(C6CC6)CC5)cc(C)c4n3)cc2c(C)n1. The molecule has 121 heavy (non-hydrogen) atoms. The molecule has 20 heterocycles. The number of likely N-dealkylation sites (N-methyl/N-ethyl adjacent to an activating group) is 3. The zero-order chi connectivity index (χ0) is 83.9. The van der Waals surface area contributed by atoms with Crippen molar-refractivity contribution < 1.29 is 0 Å². The number of hydrogen-bond donors (Lipinski definition) is 0. The van der Waals surface area contributed by atoms with E-state index in [2.05, 4.69) is 128 Å². The van der Waals surface area contributed by atoms with E-state index in [1.807, 2.05) is 164 Å². The second kappa shape index (κ2) is 32.1. The van der Waals surface area contributed by atoms with Gasteiger partial charge in [-0.15, -0.1) is 0 Å². The van der Waals surface area contributed by atoms with Crippen LogP contribution in [0.25, 0.3) is 112 Å². The van der Waals surface area contributed by atoms with E-state index in [0.717, 1.165) is 191 Å². The maximum atomic E-state index is 13.1. The molecule has 0 N–H and O–H groups in total. The highest BCUT2D eigenvalue weighted by Gasteiger charge is 2.30. The Kier molecular flexibility index (Phi) is 20.9. The van der Waals surface area contributed by atoms with Crippen molar-refractivity contribution in [2.75, 3.05) is 73.0 Å². The number of rotatable bonds is 10. The summed E-state index contributed by atoms with van der Waals surface area (Å²) in [6.45, 7) is 30.9. The van der Waals surface area contributed by atoms with Gasteiger partial charge in [0.2, 0.25) is 0 Å². The summed E-state index contributed by atoms with van der Waals surface area (Å²) in [6.07, 6.45) is 32.7. The van der Waals surface area contributed by atoms with E-state index in [0.29, 0.717) is 68.1 Å². The highest BCUT2D eigenvalue weighted by Crippen LogP contribution is 2.34. The summed E-state index contributed by atoms with van der Waals surface area (Å²) in [7, 11) is 4.23. The zero-order valence-electron chi connectivity index (χ0n) is 70.6. The molecule has 0 radical (unpaired) electrons. The molecule has 0 saturated heterocycles. The molecule has 5 aliphatic rings. The molecule has 0 spiro atoms. The van der Waals surface area contributed by atoms with E-state index in [9.17, 15) is 19.2 Å². The predicted molar refractivity (Wildman–Crippen MR) is 473 cm³/mol. The van der Waals surface area contributed by atoms with Gasteiger partial charge >= 0.3 is 0 Å². The maximum Gasteiger partial charge on any atom is 0.258 e. The smallest absolute Gasteiger partial charge is 0.258 e. The number of fused-ring (bicyclic) bond motifs is 8. The Morgan fingerprint density at radius 1 is 0.355 bits per heavy atom. The largest absolute Gasteiger partial charge is 0.302 e. The molecule has 0 amide bonds. The summed E-state index contributed by atoms with van der Waals surface area (Å²) in [4.78, 5) is 98.3. The number of pyridine rings is 4. The first kappa shape index (κ1) is 78.9. The van der Waals surface area contributed by atoms with E-state index in [4.69, 9.17) is 15.0 Å². The van der Waals surface area contributed by atoms with E-state index in [-0.39, 0.29) is 22.2 Å². The zero-order valence-corrected chi connectivity index (χ0v) is 70.6. The molecule has 21 rings (SSSR count). The minimum Gasteiger partial charge on any atom is -0.302 e. The molecule has 1 saturated carbocycles. The van der Waals surface area contributed by atoms with Gasteiger partial charge < -0.3 is 9.80 Å². The molecular weight excluding hydrogens is 1520 g/mol. The highest BCUT2D eigenvalue weighted by molar-refractivity contribution is 5.76. The third-order valence-electron chi connectivity index (χ3n) is 23.6. The van der Waals surface area contributed by atoms with Crippen LogP contribution in [0, 0.1) is 69.2 Å². The van der Waals surface area contributed by atoms with E-state index >= 15 is 0 Å². The van der Waals surface area contributed by atoms with Gasteiger partial charge in [0.05, 0.1) is 116 Å². The summed E-state index contributed by atoms with van der Waals surface area (Å²) in [6, 6.07) is 25.1. The van der Waals surface area contributed by atoms with E-state index in [1.165, 1.54) is 35.1 Å². The summed E-state index contributed by atoms with van der Waals surface area (Å²) >= 11 is 0. The molecule has 16 aromatic heterocycles. The normalized spacial score (nSPS) is 15.7. The Bertz CT molecular complexity index is 7300. The molecule has 0 unspecified atom stereocenters. The standard InChI is InChI=1S/C25H26N6O.C24H26N6O.C23H24N6O.C21H20N6O/c1-15-10-19(18-6-8-29(9-7-18)20-4-5-20)14-30-24(32)12-21(27-25(15)30)22-11-23-17(3)26-16(2)13-31(23)28-22;1-5-28-8-6-18(7-9-28)19-10-15(2)24-26-20(12-23(31)29(24)14-19)21-11-22-17(4)25-16(3)13-30(22)27-21;1-14-9-18(17-5-7-27(4)8-6-17)13-28-22(30)11-19(25-23(14)28)20-10-21-16(3)24-15(2)12-29(21)26-20;1-14-12-27-17(11-22-14)9-19(24-27)18-10-21(28)26-13-16(3-4-20(26)23-18)15-5-7-25(2)8-6-15/h6,10-14,20H,4-5,7-9H2,1-3H3;6,10-14H,5,7-9H2,1-4H3;5,9-13H,6-8H2,1-4H3;3-5,9-13H,6-8H2,1-2H3. The molecule has 0 bridgehead atoms. The Balaban J connectivity index is 0.000000111. The van der Waals surface area contributed by atoms with Gasteiger partial charge in [0.15, 0.2) is 0 Å². The van der Waals surface area contributed by atoms with Crippen LogP contribution < -0.4 is 22.2 Å². The first-order chi connectivity index (χ1) is 58.3. The third kappa shape index (κ3) is 16.1. The molecule has 28 nitrogen and oxygen atoms in total. The van der Waals surface area contributed by atoms with Crippen LogP contribution in [0.3, 0.4) is 0 Å². The van der Waals surface area contributed by atoms with Crippen LogP contribution in [0.4, 0.5) is 0 Å². The highest BCUT2D eigenvalue weighted by atomic mass is 16.1. The van der Waals surface area contributed by atoms with E-state index < -0.39 is 0 Å². The van der Waals surface area contributed by atoms with Crippen molar-refractivity contribution in [3.05, 3.63) is 279 Å². The quantitative estimate of drug-likeness (QED) is 0.123. The lowest BCUT2D eigenvalue weighted by Gasteiger charge is -2.26.